The van der Waals surface area contributed by atoms with Crippen molar-refractivity contribution in [1.82, 2.24) is 14.9 Å². The second kappa shape index (κ2) is 5.65. The molecule has 140 valence electrons. The molecule has 0 radical (unpaired) electrons. The molecule has 0 spiro atoms. The third-order valence-corrected chi connectivity index (χ3v) is 5.55. The van der Waals surface area contributed by atoms with Crippen LogP contribution in [0.3, 0.4) is 0 Å². The maximum atomic E-state index is 13.4. The van der Waals surface area contributed by atoms with Crippen molar-refractivity contribution in [1.29, 1.82) is 0 Å². The Labute approximate surface area is 160 Å². The second-order valence-corrected chi connectivity index (χ2v) is 8.86. The van der Waals surface area contributed by atoms with Gasteiger partial charge in [0.15, 0.2) is 0 Å². The van der Waals surface area contributed by atoms with E-state index in [0.29, 0.717) is 0 Å². The number of rotatable bonds is 2. The van der Waals surface area contributed by atoms with Gasteiger partial charge in [0.25, 0.3) is 0 Å². The number of carbonyl (C=O) groups excluding carboxylic acids is 1. The van der Waals surface area contributed by atoms with Gasteiger partial charge >= 0.3 is 0 Å². The summed E-state index contributed by atoms with van der Waals surface area (Å²) < 4.78 is 0. The van der Waals surface area contributed by atoms with Gasteiger partial charge < -0.3 is 4.90 Å². The summed E-state index contributed by atoms with van der Waals surface area (Å²) in [6.07, 6.45) is 5.87. The second-order valence-electron chi connectivity index (χ2n) is 8.86. The minimum absolute atomic E-state index is 0.0413. The summed E-state index contributed by atoms with van der Waals surface area (Å²) in [5, 5.41) is 0. The van der Waals surface area contributed by atoms with E-state index in [2.05, 4.69) is 60.0 Å². The Morgan fingerprint density at radius 1 is 1.04 bits per heavy atom. The highest BCUT2D eigenvalue weighted by molar-refractivity contribution is 6.10. The summed E-state index contributed by atoms with van der Waals surface area (Å²) in [6.45, 7) is 11.2. The van der Waals surface area contributed by atoms with Gasteiger partial charge in [-0.15, -0.1) is 0 Å². The van der Waals surface area contributed by atoms with Gasteiger partial charge in [0.05, 0.1) is 11.1 Å². The number of benzene rings is 1. The number of hydrogen-bond donors (Lipinski definition) is 0. The van der Waals surface area contributed by atoms with Crippen molar-refractivity contribution in [2.24, 2.45) is 5.41 Å². The first-order chi connectivity index (χ1) is 12.6. The van der Waals surface area contributed by atoms with E-state index in [0.717, 1.165) is 40.6 Å². The van der Waals surface area contributed by atoms with E-state index < -0.39 is 5.41 Å². The van der Waals surface area contributed by atoms with Crippen molar-refractivity contribution in [3.05, 3.63) is 53.9 Å². The molecule has 2 aliphatic rings. The molecule has 2 aliphatic heterocycles. The molecule has 0 unspecified atom stereocenters. The molecule has 0 saturated carbocycles. The molecule has 4 rings (SSSR count). The first-order valence-corrected chi connectivity index (χ1v) is 9.32. The SMILES string of the molecule is Cc1ncc(-c2ccc3c(c2)N(C2=CC(C)(C)CN2C)C(=O)C3(C)C)cn1. The molecule has 2 aromatic rings. The lowest BCUT2D eigenvalue weighted by molar-refractivity contribution is -0.121. The van der Waals surface area contributed by atoms with E-state index in [9.17, 15) is 4.79 Å². The van der Waals surface area contributed by atoms with Crippen molar-refractivity contribution in [2.75, 3.05) is 18.5 Å². The number of anilines is 1. The van der Waals surface area contributed by atoms with Crippen LogP contribution in [0.25, 0.3) is 11.1 Å². The van der Waals surface area contributed by atoms with Gasteiger partial charge in [-0.2, -0.15) is 0 Å². The van der Waals surface area contributed by atoms with Crippen molar-refractivity contribution < 1.29 is 4.79 Å². The van der Waals surface area contributed by atoms with Crippen LogP contribution in [-0.4, -0.2) is 34.4 Å². The zero-order valence-electron chi connectivity index (χ0n) is 16.9. The normalized spacial score (nSPS) is 20.1. The lowest BCUT2D eigenvalue weighted by Gasteiger charge is -2.27. The van der Waals surface area contributed by atoms with Gasteiger partial charge in [-0.3, -0.25) is 9.69 Å². The third-order valence-electron chi connectivity index (χ3n) is 5.55. The fourth-order valence-electron chi connectivity index (χ4n) is 4.13. The summed E-state index contributed by atoms with van der Waals surface area (Å²) in [4.78, 5) is 26.0. The lowest BCUT2D eigenvalue weighted by atomic mass is 9.85. The Morgan fingerprint density at radius 2 is 1.70 bits per heavy atom. The van der Waals surface area contributed by atoms with E-state index in [1.165, 1.54) is 0 Å². The smallest absolute Gasteiger partial charge is 0.242 e. The highest BCUT2D eigenvalue weighted by Crippen LogP contribution is 2.47. The van der Waals surface area contributed by atoms with Crippen LogP contribution < -0.4 is 4.90 Å². The van der Waals surface area contributed by atoms with Crippen LogP contribution in [0.4, 0.5) is 5.69 Å². The Hall–Kier alpha value is -2.69. The molecule has 27 heavy (non-hydrogen) atoms. The summed E-state index contributed by atoms with van der Waals surface area (Å²) in [6, 6.07) is 6.22. The molecule has 0 N–H and O–H groups in total. The van der Waals surface area contributed by atoms with Crippen molar-refractivity contribution in [3.63, 3.8) is 0 Å². The molecule has 0 aliphatic carbocycles. The minimum Gasteiger partial charge on any atom is -0.360 e. The molecule has 0 saturated heterocycles. The number of fused-ring (bicyclic) bond motifs is 1. The zero-order chi connectivity index (χ0) is 19.6. The highest BCUT2D eigenvalue weighted by Gasteiger charge is 2.47. The Morgan fingerprint density at radius 3 is 2.30 bits per heavy atom. The molecule has 1 aromatic heterocycles. The van der Waals surface area contributed by atoms with Gasteiger partial charge in [-0.05, 0) is 44.0 Å². The van der Waals surface area contributed by atoms with E-state index in [1.807, 2.05) is 38.1 Å². The number of amides is 1. The largest absolute Gasteiger partial charge is 0.360 e. The molecule has 5 heteroatoms. The Kier molecular flexibility index (Phi) is 3.71. The summed E-state index contributed by atoms with van der Waals surface area (Å²) >= 11 is 0. The number of nitrogens with zero attached hydrogens (tertiary/aromatic N) is 4. The molecule has 0 fully saturated rings. The topological polar surface area (TPSA) is 49.3 Å². The van der Waals surface area contributed by atoms with Gasteiger partial charge in [0.1, 0.15) is 11.6 Å². The van der Waals surface area contributed by atoms with Crippen LogP contribution >= 0.6 is 0 Å². The number of hydrogen-bond acceptors (Lipinski definition) is 4. The van der Waals surface area contributed by atoms with E-state index >= 15 is 0 Å². The van der Waals surface area contributed by atoms with E-state index in [-0.39, 0.29) is 11.3 Å². The minimum atomic E-state index is -0.550. The maximum absolute atomic E-state index is 13.4. The molecule has 1 aromatic carbocycles. The number of aromatic nitrogens is 2. The first kappa shape index (κ1) is 17.7. The van der Waals surface area contributed by atoms with Crippen LogP contribution in [0, 0.1) is 12.3 Å². The van der Waals surface area contributed by atoms with E-state index in [1.54, 1.807) is 0 Å². The lowest BCUT2D eigenvalue weighted by Crippen LogP contribution is -2.39. The molecule has 0 atom stereocenters. The van der Waals surface area contributed by atoms with Gasteiger partial charge in [-0.1, -0.05) is 26.0 Å². The van der Waals surface area contributed by atoms with Gasteiger partial charge in [-0.25, -0.2) is 9.97 Å². The van der Waals surface area contributed by atoms with Crippen molar-refractivity contribution in [3.8, 4) is 11.1 Å². The fraction of sp³-hybridized carbons (Fsp3) is 0.409. The summed E-state index contributed by atoms with van der Waals surface area (Å²) in [5.41, 5.74) is 3.48. The Bertz CT molecular complexity index is 957. The molecular weight excluding hydrogens is 336 g/mol. The van der Waals surface area contributed by atoms with Crippen LogP contribution in [0.5, 0.6) is 0 Å². The average molecular weight is 362 g/mol. The molecule has 0 bridgehead atoms. The predicted octanol–water partition coefficient (Wildman–Crippen LogP) is 3.89. The van der Waals surface area contributed by atoms with Crippen molar-refractivity contribution >= 4 is 11.6 Å². The van der Waals surface area contributed by atoms with Crippen molar-refractivity contribution in [2.45, 2.75) is 40.0 Å². The van der Waals surface area contributed by atoms with Gasteiger partial charge in [0, 0.05) is 37.0 Å². The maximum Gasteiger partial charge on any atom is 0.242 e. The standard InChI is InChI=1S/C22H26N4O/c1-14-23-11-16(12-24-14)15-7-8-17-18(9-15)26(20(27)22(17,4)5)19-10-21(2,3)13-25(19)6/h7-12H,13H2,1-6H3. The average Bonchev–Trinajstić information content (AvgIpc) is 2.97. The van der Waals surface area contributed by atoms with Crippen LogP contribution in [0.1, 0.15) is 39.1 Å². The Balaban J connectivity index is 1.86. The third kappa shape index (κ3) is 2.73. The molecule has 3 heterocycles. The zero-order valence-corrected chi connectivity index (χ0v) is 16.9. The van der Waals surface area contributed by atoms with Crippen LogP contribution in [0.2, 0.25) is 0 Å². The molecule has 1 amide bonds. The molecular formula is C22H26N4O. The first-order valence-electron chi connectivity index (χ1n) is 9.32. The predicted molar refractivity (Wildman–Crippen MR) is 107 cm³/mol. The summed E-state index contributed by atoms with van der Waals surface area (Å²) in [5.74, 6) is 1.83. The monoisotopic (exact) mass is 362 g/mol. The fourth-order valence-corrected chi connectivity index (χ4v) is 4.13. The van der Waals surface area contributed by atoms with Crippen LogP contribution in [-0.2, 0) is 10.2 Å². The highest BCUT2D eigenvalue weighted by atomic mass is 16.2. The summed E-state index contributed by atoms with van der Waals surface area (Å²) in [7, 11) is 2.05. The van der Waals surface area contributed by atoms with Crippen LogP contribution in [0.15, 0.2) is 42.5 Å². The van der Waals surface area contributed by atoms with Gasteiger partial charge in [0.2, 0.25) is 5.91 Å². The molecule has 5 nitrogen and oxygen atoms in total. The van der Waals surface area contributed by atoms with E-state index in [4.69, 9.17) is 0 Å². The number of aryl methyl sites for hydroxylation is 1. The quantitative estimate of drug-likeness (QED) is 0.813. The number of carbonyl (C=O) groups is 1.